The van der Waals surface area contributed by atoms with E-state index in [-0.39, 0.29) is 24.8 Å². The number of fused-ring (bicyclic) bond motifs is 1. The normalized spacial score (nSPS) is 11.1. The van der Waals surface area contributed by atoms with E-state index in [0.29, 0.717) is 16.9 Å². The molecule has 3 rings (SSSR count). The molecule has 9 nitrogen and oxygen atoms in total. The number of carbonyl (C=O) groups excluding carboxylic acids is 3. The largest absolute Gasteiger partial charge is 0.444 e. The fraction of sp³-hybridized carbons (Fsp3) is 0.273. The molecule has 4 N–H and O–H groups in total. The average Bonchev–Trinajstić information content (AvgIpc) is 3.16. The van der Waals surface area contributed by atoms with Crippen molar-refractivity contribution in [3.63, 3.8) is 0 Å². The van der Waals surface area contributed by atoms with Crippen LogP contribution < -0.4 is 16.0 Å². The highest BCUT2D eigenvalue weighted by Gasteiger charge is 2.16. The summed E-state index contributed by atoms with van der Waals surface area (Å²) in [7, 11) is 0. The number of H-pyrrole nitrogens is 1. The van der Waals surface area contributed by atoms with Gasteiger partial charge in [-0.15, -0.1) is 0 Å². The maximum Gasteiger partial charge on any atom is 0.407 e. The van der Waals surface area contributed by atoms with Gasteiger partial charge in [-0.2, -0.15) is 0 Å². The van der Waals surface area contributed by atoms with Gasteiger partial charge in [0.25, 0.3) is 5.91 Å². The Balaban J connectivity index is 1.57. The number of imidazole rings is 1. The molecular weight excluding hydrogens is 398 g/mol. The number of hydrogen-bond donors (Lipinski definition) is 4. The van der Waals surface area contributed by atoms with Crippen LogP contribution in [0, 0.1) is 0 Å². The smallest absolute Gasteiger partial charge is 0.407 e. The lowest BCUT2D eigenvalue weighted by molar-refractivity contribution is -0.116. The lowest BCUT2D eigenvalue weighted by atomic mass is 10.1. The highest BCUT2D eigenvalue weighted by Crippen LogP contribution is 2.22. The van der Waals surface area contributed by atoms with Crippen molar-refractivity contribution in [2.45, 2.75) is 32.8 Å². The van der Waals surface area contributed by atoms with Crippen LogP contribution in [0.25, 0.3) is 11.0 Å². The van der Waals surface area contributed by atoms with Gasteiger partial charge in [-0.3, -0.25) is 9.59 Å². The van der Waals surface area contributed by atoms with Crippen LogP contribution in [-0.2, 0) is 9.53 Å². The first-order chi connectivity index (χ1) is 14.7. The third-order valence-electron chi connectivity index (χ3n) is 4.15. The van der Waals surface area contributed by atoms with Gasteiger partial charge in [-0.1, -0.05) is 12.1 Å². The van der Waals surface area contributed by atoms with Crippen LogP contribution in [0.3, 0.4) is 0 Å². The molecule has 3 amide bonds. The maximum absolute atomic E-state index is 12.7. The van der Waals surface area contributed by atoms with Gasteiger partial charge in [-0.25, -0.2) is 9.78 Å². The average molecular weight is 423 g/mol. The molecule has 162 valence electrons. The molecule has 0 unspecified atom stereocenters. The number of amides is 3. The standard InChI is InChI=1S/C22H25N5O4/c1-22(2,3)31-21(30)23-11-10-19(28)26-16-6-4-5-7-17(16)27-20(29)14-8-9-15-18(12-14)25-13-24-15/h4-9,12-13H,10-11H2,1-3H3,(H,23,30)(H,24,25)(H,26,28)(H,27,29). The second kappa shape index (κ2) is 9.29. The van der Waals surface area contributed by atoms with E-state index in [1.54, 1.807) is 69.6 Å². The van der Waals surface area contributed by atoms with E-state index in [2.05, 4.69) is 25.9 Å². The van der Waals surface area contributed by atoms with Crippen molar-refractivity contribution in [1.82, 2.24) is 15.3 Å². The molecule has 0 bridgehead atoms. The Hall–Kier alpha value is -3.88. The summed E-state index contributed by atoms with van der Waals surface area (Å²) >= 11 is 0. The zero-order valence-electron chi connectivity index (χ0n) is 17.6. The maximum atomic E-state index is 12.7. The van der Waals surface area contributed by atoms with E-state index in [1.807, 2.05) is 0 Å². The Kier molecular flexibility index (Phi) is 6.54. The van der Waals surface area contributed by atoms with E-state index in [9.17, 15) is 14.4 Å². The van der Waals surface area contributed by atoms with Crippen LogP contribution in [0.15, 0.2) is 48.8 Å². The molecule has 0 aliphatic carbocycles. The molecule has 0 atom stereocenters. The lowest BCUT2D eigenvalue weighted by Crippen LogP contribution is -2.34. The van der Waals surface area contributed by atoms with Crippen LogP contribution in [-0.4, -0.2) is 40.0 Å². The van der Waals surface area contributed by atoms with E-state index in [4.69, 9.17) is 4.74 Å². The molecule has 1 aromatic heterocycles. The molecule has 0 fully saturated rings. The summed E-state index contributed by atoms with van der Waals surface area (Å²) in [5.74, 6) is -0.624. The predicted molar refractivity (Wildman–Crippen MR) is 118 cm³/mol. The van der Waals surface area contributed by atoms with Gasteiger partial charge in [-0.05, 0) is 51.1 Å². The van der Waals surface area contributed by atoms with Gasteiger partial charge in [0.15, 0.2) is 0 Å². The van der Waals surface area contributed by atoms with Crippen molar-refractivity contribution in [3.05, 3.63) is 54.4 Å². The number of carbonyl (C=O) groups is 3. The summed E-state index contributed by atoms with van der Waals surface area (Å²) in [6, 6.07) is 12.0. The number of nitrogens with one attached hydrogen (secondary N) is 4. The summed E-state index contributed by atoms with van der Waals surface area (Å²) in [4.78, 5) is 43.7. The molecule has 0 saturated heterocycles. The number of benzene rings is 2. The molecule has 9 heteroatoms. The van der Waals surface area contributed by atoms with Gasteiger partial charge >= 0.3 is 6.09 Å². The first-order valence-corrected chi connectivity index (χ1v) is 9.81. The number of aromatic amines is 1. The van der Waals surface area contributed by atoms with E-state index < -0.39 is 11.7 Å². The van der Waals surface area contributed by atoms with Crippen LogP contribution >= 0.6 is 0 Å². The van der Waals surface area contributed by atoms with Crippen molar-refractivity contribution < 1.29 is 19.1 Å². The highest BCUT2D eigenvalue weighted by molar-refractivity contribution is 6.08. The molecule has 2 aromatic carbocycles. The van der Waals surface area contributed by atoms with Crippen LogP contribution in [0.2, 0.25) is 0 Å². The Morgan fingerprint density at radius 1 is 1.03 bits per heavy atom. The Morgan fingerprint density at radius 3 is 2.45 bits per heavy atom. The fourth-order valence-electron chi connectivity index (χ4n) is 2.78. The molecule has 0 spiro atoms. The number of nitrogens with zero attached hydrogens (tertiary/aromatic N) is 1. The number of hydrogen-bond acceptors (Lipinski definition) is 5. The second-order valence-electron chi connectivity index (χ2n) is 7.86. The van der Waals surface area contributed by atoms with Crippen molar-refractivity contribution in [1.29, 1.82) is 0 Å². The summed E-state index contributed by atoms with van der Waals surface area (Å²) in [5.41, 5.74) is 2.30. The first kappa shape index (κ1) is 21.8. The molecule has 0 saturated carbocycles. The number of ether oxygens (including phenoxy) is 1. The number of alkyl carbamates (subject to hydrolysis) is 1. The summed E-state index contributed by atoms with van der Waals surface area (Å²) in [6.07, 6.45) is 1.04. The fourth-order valence-corrected chi connectivity index (χ4v) is 2.78. The molecule has 0 aliphatic rings. The third kappa shape index (κ3) is 6.30. The predicted octanol–water partition coefficient (Wildman–Crippen LogP) is 3.67. The van der Waals surface area contributed by atoms with Crippen molar-refractivity contribution in [2.75, 3.05) is 17.2 Å². The Labute approximate surface area is 179 Å². The molecule has 0 radical (unpaired) electrons. The summed E-state index contributed by atoms with van der Waals surface area (Å²) in [5, 5.41) is 8.10. The zero-order chi connectivity index (χ0) is 22.4. The molecular formula is C22H25N5O4. The minimum Gasteiger partial charge on any atom is -0.444 e. The van der Waals surface area contributed by atoms with Gasteiger partial charge in [0.05, 0.1) is 28.7 Å². The third-order valence-corrected chi connectivity index (χ3v) is 4.15. The molecule has 0 aliphatic heterocycles. The SMILES string of the molecule is CC(C)(C)OC(=O)NCCC(=O)Nc1ccccc1NC(=O)c1ccc2nc[nH]c2c1. The summed E-state index contributed by atoms with van der Waals surface area (Å²) < 4.78 is 5.13. The second-order valence-corrected chi connectivity index (χ2v) is 7.86. The zero-order valence-corrected chi connectivity index (χ0v) is 17.6. The topological polar surface area (TPSA) is 125 Å². The highest BCUT2D eigenvalue weighted by atomic mass is 16.6. The minimum absolute atomic E-state index is 0.0536. The van der Waals surface area contributed by atoms with Gasteiger partial charge in [0.1, 0.15) is 5.60 Å². The molecule has 1 heterocycles. The number of anilines is 2. The van der Waals surface area contributed by atoms with Gasteiger partial charge < -0.3 is 25.7 Å². The van der Waals surface area contributed by atoms with E-state index in [1.165, 1.54) is 0 Å². The minimum atomic E-state index is -0.606. The van der Waals surface area contributed by atoms with Crippen molar-refractivity contribution >= 4 is 40.3 Å². The van der Waals surface area contributed by atoms with Crippen molar-refractivity contribution in [2.24, 2.45) is 0 Å². The summed E-state index contributed by atoms with van der Waals surface area (Å²) in [6.45, 7) is 5.41. The van der Waals surface area contributed by atoms with E-state index >= 15 is 0 Å². The van der Waals surface area contributed by atoms with E-state index in [0.717, 1.165) is 11.0 Å². The number of para-hydroxylation sites is 2. The molecule has 31 heavy (non-hydrogen) atoms. The quantitative estimate of drug-likeness (QED) is 0.481. The van der Waals surface area contributed by atoms with Crippen molar-refractivity contribution in [3.8, 4) is 0 Å². The van der Waals surface area contributed by atoms with Crippen LogP contribution in [0.1, 0.15) is 37.6 Å². The number of aromatic nitrogens is 2. The Bertz CT molecular complexity index is 1100. The lowest BCUT2D eigenvalue weighted by Gasteiger charge is -2.19. The van der Waals surface area contributed by atoms with Gasteiger partial charge in [0.2, 0.25) is 5.91 Å². The monoisotopic (exact) mass is 423 g/mol. The Morgan fingerprint density at radius 2 is 1.74 bits per heavy atom. The number of rotatable bonds is 6. The van der Waals surface area contributed by atoms with Crippen LogP contribution in [0.5, 0.6) is 0 Å². The molecule has 3 aromatic rings. The first-order valence-electron chi connectivity index (χ1n) is 9.81. The van der Waals surface area contributed by atoms with Gasteiger partial charge in [0, 0.05) is 18.5 Å². The van der Waals surface area contributed by atoms with Crippen LogP contribution in [0.4, 0.5) is 16.2 Å².